The van der Waals surface area contributed by atoms with Crippen LogP contribution in [0.3, 0.4) is 0 Å². The van der Waals surface area contributed by atoms with Crippen LogP contribution in [0.25, 0.3) is 0 Å². The van der Waals surface area contributed by atoms with Gasteiger partial charge in [0, 0.05) is 16.3 Å². The predicted octanol–water partition coefficient (Wildman–Crippen LogP) is 3.69. The van der Waals surface area contributed by atoms with Crippen molar-refractivity contribution < 1.29 is 0 Å². The number of hydrogen-bond acceptors (Lipinski definition) is 1. The number of nitrogens with zero attached hydrogens (tertiary/aromatic N) is 2. The molecule has 0 amide bonds. The molecule has 16 heavy (non-hydrogen) atoms. The molecule has 0 bridgehead atoms. The van der Waals surface area contributed by atoms with Crippen LogP contribution in [0.15, 0.2) is 41.4 Å². The Balaban J connectivity index is 2.28. The average molecular weight is 324 g/mol. The molecule has 1 heterocycles. The van der Waals surface area contributed by atoms with Crippen molar-refractivity contribution in [3.8, 4) is 0 Å². The molecule has 2 rings (SSSR count). The highest BCUT2D eigenvalue weighted by Gasteiger charge is 1.98. The van der Waals surface area contributed by atoms with Gasteiger partial charge in [0.25, 0.3) is 0 Å². The number of rotatable bonds is 2. The molecule has 0 atom stereocenters. The Morgan fingerprint density at radius 2 is 1.94 bits per heavy atom. The average Bonchev–Trinajstić information content (AvgIpc) is 2.59. The minimum absolute atomic E-state index is 1.02. The fourth-order valence-electron chi connectivity index (χ4n) is 1.45. The van der Waals surface area contributed by atoms with Crippen molar-refractivity contribution in [1.82, 2.24) is 4.57 Å². The second kappa shape index (κ2) is 4.82. The van der Waals surface area contributed by atoms with Crippen LogP contribution < -0.4 is 0 Å². The Morgan fingerprint density at radius 3 is 2.56 bits per heavy atom. The molecule has 2 aromatic rings. The van der Waals surface area contributed by atoms with Gasteiger partial charge in [-0.3, -0.25) is 4.99 Å². The van der Waals surface area contributed by atoms with Crippen LogP contribution in [0.2, 0.25) is 0 Å². The van der Waals surface area contributed by atoms with Gasteiger partial charge in [0.1, 0.15) is 0 Å². The van der Waals surface area contributed by atoms with E-state index in [0.717, 1.165) is 11.4 Å². The summed E-state index contributed by atoms with van der Waals surface area (Å²) in [5.41, 5.74) is 3.38. The van der Waals surface area contributed by atoms with Crippen molar-refractivity contribution in [3.05, 3.63) is 51.4 Å². The van der Waals surface area contributed by atoms with Crippen LogP contribution in [-0.2, 0) is 7.05 Å². The maximum Gasteiger partial charge on any atom is 0.0763 e. The van der Waals surface area contributed by atoms with E-state index >= 15 is 0 Å². The molecule has 0 N–H and O–H groups in total. The molecule has 1 aromatic heterocycles. The zero-order valence-electron chi connectivity index (χ0n) is 9.31. The molecule has 0 saturated heterocycles. The van der Waals surface area contributed by atoms with Crippen LogP contribution in [0.5, 0.6) is 0 Å². The minimum atomic E-state index is 1.02. The van der Waals surface area contributed by atoms with E-state index in [2.05, 4.69) is 57.3 Å². The first-order valence-electron chi connectivity index (χ1n) is 5.09. The number of halogens is 1. The van der Waals surface area contributed by atoms with Crippen LogP contribution in [0.4, 0.5) is 5.69 Å². The molecule has 0 aliphatic rings. The normalized spacial score (nSPS) is 11.2. The van der Waals surface area contributed by atoms with Gasteiger partial charge in [-0.2, -0.15) is 0 Å². The summed E-state index contributed by atoms with van der Waals surface area (Å²) < 4.78 is 3.29. The topological polar surface area (TPSA) is 17.3 Å². The molecule has 0 unspecified atom stereocenters. The van der Waals surface area contributed by atoms with Crippen LogP contribution in [0, 0.1) is 10.5 Å². The van der Waals surface area contributed by atoms with Crippen molar-refractivity contribution in [2.24, 2.45) is 12.0 Å². The fraction of sp³-hybridized carbons (Fsp3) is 0.154. The highest BCUT2D eigenvalue weighted by atomic mass is 127. The first-order valence-corrected chi connectivity index (χ1v) is 6.17. The first-order chi connectivity index (χ1) is 7.68. The predicted molar refractivity (Wildman–Crippen MR) is 76.6 cm³/mol. The molecule has 0 aliphatic carbocycles. The number of aryl methyl sites for hydroxylation is 1. The smallest absolute Gasteiger partial charge is 0.0763 e. The van der Waals surface area contributed by atoms with Gasteiger partial charge in [-0.1, -0.05) is 12.1 Å². The van der Waals surface area contributed by atoms with Crippen molar-refractivity contribution in [2.45, 2.75) is 6.92 Å². The van der Waals surface area contributed by atoms with E-state index in [9.17, 15) is 0 Å². The largest absolute Gasteiger partial charge is 0.347 e. The molecule has 0 aliphatic heterocycles. The number of aliphatic imine (C=N–C) groups is 1. The van der Waals surface area contributed by atoms with Crippen molar-refractivity contribution in [3.63, 3.8) is 0 Å². The first kappa shape index (κ1) is 11.4. The van der Waals surface area contributed by atoms with E-state index in [1.54, 1.807) is 0 Å². The summed E-state index contributed by atoms with van der Waals surface area (Å²) in [5.74, 6) is 0. The molecule has 0 spiro atoms. The fourth-order valence-corrected chi connectivity index (χ4v) is 1.98. The second-order valence-corrected chi connectivity index (χ2v) is 4.83. The van der Waals surface area contributed by atoms with Gasteiger partial charge in [-0.05, 0) is 53.8 Å². The van der Waals surface area contributed by atoms with E-state index in [1.165, 1.54) is 9.26 Å². The molecule has 0 fully saturated rings. The highest BCUT2D eigenvalue weighted by molar-refractivity contribution is 14.1. The zero-order valence-corrected chi connectivity index (χ0v) is 11.5. The maximum absolute atomic E-state index is 4.50. The Morgan fingerprint density at radius 1 is 1.19 bits per heavy atom. The summed E-state index contributed by atoms with van der Waals surface area (Å²) in [6, 6.07) is 12.3. The lowest BCUT2D eigenvalue weighted by Gasteiger charge is -2.00. The lowest BCUT2D eigenvalue weighted by Crippen LogP contribution is -1.96. The molecule has 2 nitrogen and oxygen atoms in total. The van der Waals surface area contributed by atoms with Crippen molar-refractivity contribution >= 4 is 34.5 Å². The van der Waals surface area contributed by atoms with Crippen LogP contribution >= 0.6 is 22.6 Å². The third-order valence-electron chi connectivity index (χ3n) is 2.60. The Kier molecular flexibility index (Phi) is 3.43. The zero-order chi connectivity index (χ0) is 11.5. The molecule has 0 radical (unpaired) electrons. The Bertz CT molecular complexity index is 526. The number of para-hydroxylation sites is 1. The lowest BCUT2D eigenvalue weighted by molar-refractivity contribution is 0.874. The molecule has 3 heteroatoms. The molecular weight excluding hydrogens is 311 g/mol. The standard InChI is InChI=1S/C13H13IN2/c1-10-7-8-11(16(10)2)9-15-13-6-4-3-5-12(13)14/h3-9H,1-2H3. The molecule has 1 aromatic carbocycles. The van der Waals surface area contributed by atoms with Crippen molar-refractivity contribution in [1.29, 1.82) is 0 Å². The Hall–Kier alpha value is -1.10. The summed E-state index contributed by atoms with van der Waals surface area (Å²) in [5, 5.41) is 0. The van der Waals surface area contributed by atoms with E-state index in [4.69, 9.17) is 0 Å². The number of benzene rings is 1. The van der Waals surface area contributed by atoms with Gasteiger partial charge >= 0.3 is 0 Å². The van der Waals surface area contributed by atoms with Crippen LogP contribution in [-0.4, -0.2) is 10.8 Å². The summed E-state index contributed by atoms with van der Waals surface area (Å²) in [6.45, 7) is 2.09. The summed E-state index contributed by atoms with van der Waals surface area (Å²) in [7, 11) is 2.05. The minimum Gasteiger partial charge on any atom is -0.347 e. The van der Waals surface area contributed by atoms with E-state index in [1.807, 2.05) is 31.5 Å². The number of aromatic nitrogens is 1. The van der Waals surface area contributed by atoms with E-state index in [0.29, 0.717) is 0 Å². The summed E-state index contributed by atoms with van der Waals surface area (Å²) in [4.78, 5) is 4.50. The monoisotopic (exact) mass is 324 g/mol. The third-order valence-corrected chi connectivity index (χ3v) is 3.51. The van der Waals surface area contributed by atoms with Gasteiger partial charge < -0.3 is 4.57 Å². The van der Waals surface area contributed by atoms with Gasteiger partial charge in [-0.15, -0.1) is 0 Å². The van der Waals surface area contributed by atoms with E-state index in [-0.39, 0.29) is 0 Å². The van der Waals surface area contributed by atoms with Gasteiger partial charge in [0.15, 0.2) is 0 Å². The second-order valence-electron chi connectivity index (χ2n) is 3.67. The quantitative estimate of drug-likeness (QED) is 0.592. The summed E-state index contributed by atoms with van der Waals surface area (Å²) >= 11 is 2.30. The van der Waals surface area contributed by atoms with Gasteiger partial charge in [-0.25, -0.2) is 0 Å². The Labute approximate surface area is 109 Å². The van der Waals surface area contributed by atoms with Crippen molar-refractivity contribution in [2.75, 3.05) is 0 Å². The maximum atomic E-state index is 4.50. The van der Waals surface area contributed by atoms with Crippen LogP contribution in [0.1, 0.15) is 11.4 Å². The van der Waals surface area contributed by atoms with Gasteiger partial charge in [0.2, 0.25) is 0 Å². The molecule has 82 valence electrons. The number of hydrogen-bond donors (Lipinski definition) is 0. The molecular formula is C13H13IN2. The molecule has 0 saturated carbocycles. The lowest BCUT2D eigenvalue weighted by atomic mass is 10.3. The van der Waals surface area contributed by atoms with E-state index < -0.39 is 0 Å². The highest BCUT2D eigenvalue weighted by Crippen LogP contribution is 2.20. The van der Waals surface area contributed by atoms with Gasteiger partial charge in [0.05, 0.1) is 17.6 Å². The summed E-state index contributed by atoms with van der Waals surface area (Å²) in [6.07, 6.45) is 1.91. The SMILES string of the molecule is Cc1ccc(C=Nc2ccccc2I)n1C. The third kappa shape index (κ3) is 2.35.